The molecule has 4 atom stereocenters. The van der Waals surface area contributed by atoms with E-state index in [1.165, 1.54) is 14.2 Å². The molecule has 0 spiro atoms. The van der Waals surface area contributed by atoms with Gasteiger partial charge in [-0.1, -0.05) is 13.8 Å². The SMILES string of the molecule is COC1(OC)COC2[C@H](C#N)CN(C(=O)[C@@H](N)CC(C)C)[C@@H]21. The third-order valence-corrected chi connectivity index (χ3v) is 4.55. The van der Waals surface area contributed by atoms with E-state index in [4.69, 9.17) is 19.9 Å². The summed E-state index contributed by atoms with van der Waals surface area (Å²) < 4.78 is 16.7. The lowest BCUT2D eigenvalue weighted by atomic mass is 9.99. The Balaban J connectivity index is 2.26. The molecule has 124 valence electrons. The lowest BCUT2D eigenvalue weighted by molar-refractivity contribution is -0.227. The fraction of sp³-hybridized carbons (Fsp3) is 0.867. The summed E-state index contributed by atoms with van der Waals surface area (Å²) in [7, 11) is 3.04. The van der Waals surface area contributed by atoms with E-state index >= 15 is 0 Å². The number of carbonyl (C=O) groups excluding carboxylic acids is 1. The van der Waals surface area contributed by atoms with Crippen LogP contribution in [0.1, 0.15) is 20.3 Å². The number of amides is 1. The standard InChI is InChI=1S/C15H25N3O4/c1-9(2)5-11(17)14(19)18-7-10(6-16)12-13(18)15(20-3,21-4)8-22-12/h9-13H,5,7-8,17H2,1-4H3/t10-,11+,12?,13+/m1/s1. The van der Waals surface area contributed by atoms with Gasteiger partial charge in [-0.3, -0.25) is 4.79 Å². The van der Waals surface area contributed by atoms with Crippen LogP contribution in [0.2, 0.25) is 0 Å². The van der Waals surface area contributed by atoms with E-state index in [0.717, 1.165) is 0 Å². The number of likely N-dealkylation sites (tertiary alicyclic amines) is 1. The zero-order valence-electron chi connectivity index (χ0n) is 13.6. The number of hydrogen-bond acceptors (Lipinski definition) is 6. The second-order valence-electron chi connectivity index (χ2n) is 6.40. The van der Waals surface area contributed by atoms with Crippen LogP contribution in [0.25, 0.3) is 0 Å². The van der Waals surface area contributed by atoms with Crippen LogP contribution in [0.15, 0.2) is 0 Å². The van der Waals surface area contributed by atoms with Crippen molar-refractivity contribution in [2.24, 2.45) is 17.6 Å². The zero-order chi connectivity index (χ0) is 16.5. The number of rotatable bonds is 5. The molecule has 7 nitrogen and oxygen atoms in total. The van der Waals surface area contributed by atoms with Crippen molar-refractivity contribution in [2.75, 3.05) is 27.4 Å². The van der Waals surface area contributed by atoms with Gasteiger partial charge < -0.3 is 24.8 Å². The molecule has 1 amide bonds. The van der Waals surface area contributed by atoms with Gasteiger partial charge in [-0.25, -0.2) is 0 Å². The summed E-state index contributed by atoms with van der Waals surface area (Å²) in [6.07, 6.45) is 0.192. The molecule has 22 heavy (non-hydrogen) atoms. The molecular weight excluding hydrogens is 286 g/mol. The molecule has 2 N–H and O–H groups in total. The minimum Gasteiger partial charge on any atom is -0.369 e. The van der Waals surface area contributed by atoms with Crippen molar-refractivity contribution in [2.45, 2.75) is 44.2 Å². The van der Waals surface area contributed by atoms with Crippen LogP contribution < -0.4 is 5.73 Å². The third kappa shape index (κ3) is 2.72. The van der Waals surface area contributed by atoms with Gasteiger partial charge in [0, 0.05) is 20.8 Å². The molecule has 7 heteroatoms. The fourth-order valence-corrected chi connectivity index (χ4v) is 3.43. The minimum absolute atomic E-state index is 0.176. The molecule has 2 heterocycles. The Kier molecular flexibility index (Phi) is 5.07. The molecule has 0 saturated carbocycles. The van der Waals surface area contributed by atoms with Crippen molar-refractivity contribution in [1.82, 2.24) is 4.90 Å². The quantitative estimate of drug-likeness (QED) is 0.723. The van der Waals surface area contributed by atoms with Gasteiger partial charge in [0.25, 0.3) is 0 Å². The van der Waals surface area contributed by atoms with Gasteiger partial charge in [0.1, 0.15) is 18.8 Å². The average molecular weight is 311 g/mol. The van der Waals surface area contributed by atoms with Gasteiger partial charge in [-0.05, 0) is 12.3 Å². The Morgan fingerprint density at radius 1 is 1.50 bits per heavy atom. The maximum atomic E-state index is 12.7. The largest absolute Gasteiger partial charge is 0.369 e. The number of methoxy groups -OCH3 is 2. The molecule has 2 saturated heterocycles. The smallest absolute Gasteiger partial charge is 0.240 e. The summed E-state index contributed by atoms with van der Waals surface area (Å²) in [5.41, 5.74) is 6.04. The van der Waals surface area contributed by atoms with Crippen LogP contribution in [0.3, 0.4) is 0 Å². The Labute approximate surface area is 131 Å². The Morgan fingerprint density at radius 2 is 2.14 bits per heavy atom. The van der Waals surface area contributed by atoms with E-state index in [2.05, 4.69) is 6.07 Å². The van der Waals surface area contributed by atoms with Crippen molar-refractivity contribution >= 4 is 5.91 Å². The molecule has 2 fully saturated rings. The van der Waals surface area contributed by atoms with Gasteiger partial charge in [0.2, 0.25) is 11.7 Å². The third-order valence-electron chi connectivity index (χ3n) is 4.55. The van der Waals surface area contributed by atoms with Gasteiger partial charge >= 0.3 is 0 Å². The number of nitrogens with two attached hydrogens (primary N) is 1. The number of hydrogen-bond donors (Lipinski definition) is 1. The number of nitrogens with zero attached hydrogens (tertiary/aromatic N) is 2. The summed E-state index contributed by atoms with van der Waals surface area (Å²) in [6, 6.07) is 1.18. The Bertz CT molecular complexity index is 458. The Morgan fingerprint density at radius 3 is 2.64 bits per heavy atom. The maximum Gasteiger partial charge on any atom is 0.240 e. The summed E-state index contributed by atoms with van der Waals surface area (Å²) in [5.74, 6) is -1.29. The molecule has 0 aromatic heterocycles. The highest BCUT2D eigenvalue weighted by molar-refractivity contribution is 5.82. The topological polar surface area (TPSA) is 97.8 Å². The molecule has 0 radical (unpaired) electrons. The van der Waals surface area contributed by atoms with Crippen LogP contribution in [-0.4, -0.2) is 62.2 Å². The molecular formula is C15H25N3O4. The van der Waals surface area contributed by atoms with Crippen molar-refractivity contribution in [3.63, 3.8) is 0 Å². The van der Waals surface area contributed by atoms with Crippen molar-refractivity contribution in [3.05, 3.63) is 0 Å². The number of carbonyl (C=O) groups is 1. The predicted molar refractivity (Wildman–Crippen MR) is 78.5 cm³/mol. The van der Waals surface area contributed by atoms with E-state index in [9.17, 15) is 10.1 Å². The molecule has 2 aliphatic heterocycles. The number of ether oxygens (including phenoxy) is 3. The normalized spacial score (nSPS) is 31.1. The Hall–Kier alpha value is -1.20. The van der Waals surface area contributed by atoms with Crippen molar-refractivity contribution in [3.8, 4) is 6.07 Å². The van der Waals surface area contributed by atoms with Gasteiger partial charge in [0.05, 0.1) is 18.0 Å². The first kappa shape index (κ1) is 17.2. The first-order valence-electron chi connectivity index (χ1n) is 7.57. The summed E-state index contributed by atoms with van der Waals surface area (Å²) in [6.45, 7) is 4.53. The molecule has 1 unspecified atom stereocenters. The average Bonchev–Trinajstić information content (AvgIpc) is 3.04. The first-order valence-corrected chi connectivity index (χ1v) is 7.57. The fourth-order valence-electron chi connectivity index (χ4n) is 3.43. The van der Waals surface area contributed by atoms with Crippen LogP contribution in [0.5, 0.6) is 0 Å². The molecule has 2 rings (SSSR count). The monoisotopic (exact) mass is 311 g/mol. The van der Waals surface area contributed by atoms with Gasteiger partial charge in [-0.15, -0.1) is 0 Å². The summed E-state index contributed by atoms with van der Waals surface area (Å²) in [5, 5.41) is 9.33. The van der Waals surface area contributed by atoms with Gasteiger partial charge in [-0.2, -0.15) is 5.26 Å². The summed E-state index contributed by atoms with van der Waals surface area (Å²) >= 11 is 0. The van der Waals surface area contributed by atoms with Crippen LogP contribution >= 0.6 is 0 Å². The number of fused-ring (bicyclic) bond motifs is 1. The second-order valence-corrected chi connectivity index (χ2v) is 6.40. The highest BCUT2D eigenvalue weighted by atomic mass is 16.7. The summed E-state index contributed by atoms with van der Waals surface area (Å²) in [4.78, 5) is 14.3. The number of nitriles is 1. The molecule has 0 aromatic carbocycles. The van der Waals surface area contributed by atoms with Crippen LogP contribution in [-0.2, 0) is 19.0 Å². The highest BCUT2D eigenvalue weighted by Crippen LogP contribution is 2.41. The highest BCUT2D eigenvalue weighted by Gasteiger charge is 2.61. The first-order chi connectivity index (χ1) is 10.4. The second kappa shape index (κ2) is 6.50. The predicted octanol–water partition coefficient (Wildman–Crippen LogP) is 0.0983. The lowest BCUT2D eigenvalue weighted by Crippen LogP contribution is -2.57. The van der Waals surface area contributed by atoms with Crippen molar-refractivity contribution < 1.29 is 19.0 Å². The lowest BCUT2D eigenvalue weighted by Gasteiger charge is -2.36. The molecule has 0 aromatic rings. The zero-order valence-corrected chi connectivity index (χ0v) is 13.6. The minimum atomic E-state index is -1.04. The van der Waals surface area contributed by atoms with E-state index < -0.39 is 29.9 Å². The molecule has 0 bridgehead atoms. The van der Waals surface area contributed by atoms with Gasteiger partial charge in [0.15, 0.2) is 0 Å². The van der Waals surface area contributed by atoms with E-state index in [1.54, 1.807) is 4.90 Å². The van der Waals surface area contributed by atoms with Crippen LogP contribution in [0, 0.1) is 23.2 Å². The molecule has 2 aliphatic rings. The van der Waals surface area contributed by atoms with Crippen molar-refractivity contribution in [1.29, 1.82) is 5.26 Å². The van der Waals surface area contributed by atoms with E-state index in [0.29, 0.717) is 18.9 Å². The van der Waals surface area contributed by atoms with E-state index in [-0.39, 0.29) is 12.5 Å². The van der Waals surface area contributed by atoms with Crippen LogP contribution in [0.4, 0.5) is 0 Å². The molecule has 0 aliphatic carbocycles. The maximum absolute atomic E-state index is 12.7. The van der Waals surface area contributed by atoms with E-state index in [1.807, 2.05) is 13.8 Å².